The number of anilines is 1. The molecular formula is C23H23N5. The molecule has 5 nitrogen and oxygen atoms in total. The lowest BCUT2D eigenvalue weighted by Crippen LogP contribution is -2.05. The molecule has 0 saturated carbocycles. The Kier molecular flexibility index (Phi) is 5.43. The fraction of sp³-hybridized carbons (Fsp3) is 0.174. The van der Waals surface area contributed by atoms with Crippen LogP contribution in [0.15, 0.2) is 67.0 Å². The van der Waals surface area contributed by atoms with Crippen molar-refractivity contribution in [1.82, 2.24) is 19.5 Å². The fourth-order valence-electron chi connectivity index (χ4n) is 3.11. The van der Waals surface area contributed by atoms with Gasteiger partial charge < -0.3 is 9.88 Å². The van der Waals surface area contributed by atoms with Crippen LogP contribution in [0.25, 0.3) is 23.3 Å². The highest BCUT2D eigenvalue weighted by Crippen LogP contribution is 2.23. The molecule has 0 amide bonds. The maximum atomic E-state index is 4.87. The standard InChI is InChI=1S/C23H23N5/c1-2-15-24-22-21-23(26-17-25-22)28(16-19-11-7-4-8-12-19)20(27-21)14-13-18-9-5-3-6-10-18/h3-14,17H,2,15-16H2,1H3,(H,24,25,26)/b14-13+. The van der Waals surface area contributed by atoms with Crippen molar-refractivity contribution in [2.45, 2.75) is 19.9 Å². The Morgan fingerprint density at radius 1 is 0.929 bits per heavy atom. The quantitative estimate of drug-likeness (QED) is 0.505. The summed E-state index contributed by atoms with van der Waals surface area (Å²) in [7, 11) is 0. The third-order valence-corrected chi connectivity index (χ3v) is 4.51. The van der Waals surface area contributed by atoms with E-state index < -0.39 is 0 Å². The number of hydrogen-bond donors (Lipinski definition) is 1. The van der Waals surface area contributed by atoms with Gasteiger partial charge in [-0.3, -0.25) is 0 Å². The first kappa shape index (κ1) is 17.9. The van der Waals surface area contributed by atoms with Crippen molar-refractivity contribution in [2.24, 2.45) is 0 Å². The minimum Gasteiger partial charge on any atom is -0.368 e. The van der Waals surface area contributed by atoms with Crippen LogP contribution in [-0.2, 0) is 6.54 Å². The molecule has 0 saturated heterocycles. The monoisotopic (exact) mass is 369 g/mol. The number of aromatic nitrogens is 4. The average molecular weight is 369 g/mol. The Morgan fingerprint density at radius 2 is 1.68 bits per heavy atom. The number of nitrogens with one attached hydrogen (secondary N) is 1. The van der Waals surface area contributed by atoms with Gasteiger partial charge in [0.15, 0.2) is 17.0 Å². The summed E-state index contributed by atoms with van der Waals surface area (Å²) in [4.78, 5) is 13.8. The molecule has 0 spiro atoms. The molecule has 2 aromatic heterocycles. The van der Waals surface area contributed by atoms with Crippen molar-refractivity contribution >= 4 is 29.1 Å². The largest absolute Gasteiger partial charge is 0.368 e. The zero-order chi connectivity index (χ0) is 19.2. The summed E-state index contributed by atoms with van der Waals surface area (Å²) < 4.78 is 2.14. The Hall–Kier alpha value is -3.47. The molecule has 4 rings (SSSR count). The molecule has 2 heterocycles. The van der Waals surface area contributed by atoms with Gasteiger partial charge in [0, 0.05) is 6.54 Å². The molecular weight excluding hydrogens is 346 g/mol. The van der Waals surface area contributed by atoms with Gasteiger partial charge in [0.1, 0.15) is 12.2 Å². The molecule has 28 heavy (non-hydrogen) atoms. The van der Waals surface area contributed by atoms with Gasteiger partial charge in [-0.25, -0.2) is 15.0 Å². The third-order valence-electron chi connectivity index (χ3n) is 4.51. The molecule has 2 aromatic carbocycles. The van der Waals surface area contributed by atoms with Gasteiger partial charge in [0.05, 0.1) is 6.54 Å². The summed E-state index contributed by atoms with van der Waals surface area (Å²) in [5, 5.41) is 3.36. The van der Waals surface area contributed by atoms with E-state index in [1.165, 1.54) is 5.56 Å². The van der Waals surface area contributed by atoms with Crippen molar-refractivity contribution in [2.75, 3.05) is 11.9 Å². The van der Waals surface area contributed by atoms with Crippen LogP contribution in [0.2, 0.25) is 0 Å². The minimum absolute atomic E-state index is 0.704. The summed E-state index contributed by atoms with van der Waals surface area (Å²) >= 11 is 0. The van der Waals surface area contributed by atoms with E-state index >= 15 is 0 Å². The first-order valence-electron chi connectivity index (χ1n) is 9.57. The Bertz CT molecular complexity index is 1070. The lowest BCUT2D eigenvalue weighted by atomic mass is 10.2. The predicted octanol–water partition coefficient (Wildman–Crippen LogP) is 4.87. The number of rotatable bonds is 7. The van der Waals surface area contributed by atoms with Crippen LogP contribution in [0.3, 0.4) is 0 Å². The molecule has 4 aromatic rings. The maximum absolute atomic E-state index is 4.87. The summed E-state index contributed by atoms with van der Waals surface area (Å²) in [5.41, 5.74) is 3.99. The van der Waals surface area contributed by atoms with Gasteiger partial charge in [-0.2, -0.15) is 0 Å². The fourth-order valence-corrected chi connectivity index (χ4v) is 3.11. The number of imidazole rings is 1. The molecule has 0 bridgehead atoms. The van der Waals surface area contributed by atoms with Gasteiger partial charge in [-0.15, -0.1) is 0 Å². The van der Waals surface area contributed by atoms with E-state index in [2.05, 4.69) is 69.2 Å². The van der Waals surface area contributed by atoms with Crippen molar-refractivity contribution in [3.05, 3.63) is 83.9 Å². The smallest absolute Gasteiger partial charge is 0.166 e. The Labute approximate surface area is 164 Å². The SMILES string of the molecule is CCCNc1ncnc2c1nc(/C=C/c1ccccc1)n2Cc1ccccc1. The highest BCUT2D eigenvalue weighted by molar-refractivity contribution is 5.85. The van der Waals surface area contributed by atoms with Crippen LogP contribution >= 0.6 is 0 Å². The molecule has 140 valence electrons. The van der Waals surface area contributed by atoms with E-state index in [1.54, 1.807) is 6.33 Å². The van der Waals surface area contributed by atoms with E-state index in [4.69, 9.17) is 4.98 Å². The second-order valence-electron chi connectivity index (χ2n) is 6.61. The third kappa shape index (κ3) is 3.93. The molecule has 0 fully saturated rings. The van der Waals surface area contributed by atoms with Crippen LogP contribution in [0.4, 0.5) is 5.82 Å². The van der Waals surface area contributed by atoms with E-state index in [9.17, 15) is 0 Å². The Balaban J connectivity index is 1.79. The normalized spacial score (nSPS) is 11.3. The number of benzene rings is 2. The van der Waals surface area contributed by atoms with E-state index in [-0.39, 0.29) is 0 Å². The zero-order valence-corrected chi connectivity index (χ0v) is 15.9. The molecule has 0 aliphatic heterocycles. The van der Waals surface area contributed by atoms with Crippen LogP contribution < -0.4 is 5.32 Å². The van der Waals surface area contributed by atoms with Crippen molar-refractivity contribution < 1.29 is 0 Å². The van der Waals surface area contributed by atoms with Gasteiger partial charge in [-0.1, -0.05) is 73.7 Å². The summed E-state index contributed by atoms with van der Waals surface area (Å²) in [5.74, 6) is 1.65. The van der Waals surface area contributed by atoms with Crippen molar-refractivity contribution in [3.63, 3.8) is 0 Å². The van der Waals surface area contributed by atoms with Crippen LogP contribution in [0.1, 0.15) is 30.3 Å². The highest BCUT2D eigenvalue weighted by Gasteiger charge is 2.14. The van der Waals surface area contributed by atoms with Crippen LogP contribution in [0, 0.1) is 0 Å². The van der Waals surface area contributed by atoms with Crippen LogP contribution in [0.5, 0.6) is 0 Å². The Morgan fingerprint density at radius 3 is 2.43 bits per heavy atom. The number of fused-ring (bicyclic) bond motifs is 1. The van der Waals surface area contributed by atoms with E-state index in [1.807, 2.05) is 30.3 Å². The van der Waals surface area contributed by atoms with Crippen molar-refractivity contribution in [1.29, 1.82) is 0 Å². The predicted molar refractivity (Wildman–Crippen MR) is 115 cm³/mol. The molecule has 5 heteroatoms. The van der Waals surface area contributed by atoms with E-state index in [0.29, 0.717) is 6.54 Å². The number of hydrogen-bond acceptors (Lipinski definition) is 4. The second-order valence-corrected chi connectivity index (χ2v) is 6.61. The topological polar surface area (TPSA) is 55.6 Å². The van der Waals surface area contributed by atoms with Gasteiger partial charge in [-0.05, 0) is 23.6 Å². The van der Waals surface area contributed by atoms with Gasteiger partial charge in [0.25, 0.3) is 0 Å². The number of nitrogens with zero attached hydrogens (tertiary/aromatic N) is 4. The molecule has 0 atom stereocenters. The summed E-state index contributed by atoms with van der Waals surface area (Å²) in [6, 6.07) is 20.6. The first-order valence-corrected chi connectivity index (χ1v) is 9.57. The van der Waals surface area contributed by atoms with E-state index in [0.717, 1.165) is 41.3 Å². The summed E-state index contributed by atoms with van der Waals surface area (Å²) in [6.45, 7) is 3.69. The van der Waals surface area contributed by atoms with Crippen molar-refractivity contribution in [3.8, 4) is 0 Å². The van der Waals surface area contributed by atoms with Gasteiger partial charge >= 0.3 is 0 Å². The molecule has 0 radical (unpaired) electrons. The summed E-state index contributed by atoms with van der Waals surface area (Å²) in [6.07, 6.45) is 6.75. The average Bonchev–Trinajstić information content (AvgIpc) is 3.10. The minimum atomic E-state index is 0.704. The highest BCUT2D eigenvalue weighted by atomic mass is 15.2. The lowest BCUT2D eigenvalue weighted by molar-refractivity contribution is 0.803. The molecule has 0 unspecified atom stereocenters. The maximum Gasteiger partial charge on any atom is 0.166 e. The van der Waals surface area contributed by atoms with Crippen LogP contribution in [-0.4, -0.2) is 26.1 Å². The second kappa shape index (κ2) is 8.48. The molecule has 0 aliphatic rings. The lowest BCUT2D eigenvalue weighted by Gasteiger charge is -2.07. The first-order chi connectivity index (χ1) is 13.8. The zero-order valence-electron chi connectivity index (χ0n) is 15.9. The molecule has 1 N–H and O–H groups in total. The molecule has 0 aliphatic carbocycles. The van der Waals surface area contributed by atoms with Gasteiger partial charge in [0.2, 0.25) is 0 Å².